The van der Waals surface area contributed by atoms with Gasteiger partial charge in [0, 0.05) is 25.6 Å². The number of amides is 1. The van der Waals surface area contributed by atoms with Crippen molar-refractivity contribution in [1.82, 2.24) is 25.0 Å². The molecule has 1 aromatic heterocycles. The summed E-state index contributed by atoms with van der Waals surface area (Å²) in [5.74, 6) is 1.67. The van der Waals surface area contributed by atoms with Crippen molar-refractivity contribution in [3.63, 3.8) is 0 Å². The first-order valence-corrected chi connectivity index (χ1v) is 11.8. The third-order valence-electron chi connectivity index (χ3n) is 6.34. The number of carbonyl (C=O) groups is 1. The summed E-state index contributed by atoms with van der Waals surface area (Å²) < 4.78 is 1.75. The molecule has 2 heterocycles. The van der Waals surface area contributed by atoms with Gasteiger partial charge in [-0.15, -0.1) is 5.10 Å². The first kappa shape index (κ1) is 21.2. The summed E-state index contributed by atoms with van der Waals surface area (Å²) >= 11 is 6.38. The van der Waals surface area contributed by atoms with E-state index in [4.69, 9.17) is 11.6 Å². The molecule has 1 unspecified atom stereocenters. The minimum absolute atomic E-state index is 0.208. The number of aromatic nitrogens is 3. The summed E-state index contributed by atoms with van der Waals surface area (Å²) in [5, 5.41) is 8.19. The first-order valence-electron chi connectivity index (χ1n) is 11.4. The highest BCUT2D eigenvalue weighted by atomic mass is 35.5. The third kappa shape index (κ3) is 4.87. The molecular weight excluding hydrogens is 422 g/mol. The number of carbonyl (C=O) groups excluding carboxylic acids is 1. The predicted octanol–water partition coefficient (Wildman–Crippen LogP) is 4.09. The van der Waals surface area contributed by atoms with Gasteiger partial charge >= 0.3 is 0 Å². The molecule has 3 aromatic rings. The summed E-state index contributed by atoms with van der Waals surface area (Å²) in [6.07, 6.45) is 4.31. The Morgan fingerprint density at radius 3 is 2.62 bits per heavy atom. The molecule has 1 amide bonds. The van der Waals surface area contributed by atoms with Crippen LogP contribution in [-0.2, 0) is 6.42 Å². The maximum absolute atomic E-state index is 12.8. The smallest absolute Gasteiger partial charge is 0.290 e. The van der Waals surface area contributed by atoms with E-state index in [1.54, 1.807) is 4.68 Å². The maximum Gasteiger partial charge on any atom is 0.290 e. The zero-order chi connectivity index (χ0) is 21.9. The zero-order valence-electron chi connectivity index (χ0n) is 18.1. The van der Waals surface area contributed by atoms with Crippen molar-refractivity contribution in [2.45, 2.75) is 31.6 Å². The molecule has 1 atom stereocenters. The molecule has 1 N–H and O–H groups in total. The molecule has 2 aromatic carbocycles. The molecule has 5 rings (SSSR count). The van der Waals surface area contributed by atoms with Crippen LogP contribution in [0.25, 0.3) is 5.69 Å². The maximum atomic E-state index is 12.8. The Morgan fingerprint density at radius 2 is 1.84 bits per heavy atom. The predicted molar refractivity (Wildman–Crippen MR) is 125 cm³/mol. The van der Waals surface area contributed by atoms with Crippen molar-refractivity contribution < 1.29 is 4.79 Å². The van der Waals surface area contributed by atoms with E-state index >= 15 is 0 Å². The van der Waals surface area contributed by atoms with Crippen LogP contribution in [0, 0.1) is 5.92 Å². The Kier molecular flexibility index (Phi) is 6.23. The van der Waals surface area contributed by atoms with Crippen molar-refractivity contribution in [2.75, 3.05) is 26.2 Å². The Bertz CT molecular complexity index is 1080. The summed E-state index contributed by atoms with van der Waals surface area (Å²) in [6.45, 7) is 3.81. The third-order valence-corrected chi connectivity index (χ3v) is 6.66. The van der Waals surface area contributed by atoms with Gasteiger partial charge in [0.05, 0.1) is 10.7 Å². The molecule has 1 saturated carbocycles. The average molecular weight is 450 g/mol. The molecule has 1 aliphatic carbocycles. The summed E-state index contributed by atoms with van der Waals surface area (Å²) in [6, 6.07) is 18.1. The van der Waals surface area contributed by atoms with E-state index in [1.807, 2.05) is 24.3 Å². The number of rotatable bonds is 8. The second-order valence-electron chi connectivity index (χ2n) is 8.83. The largest absolute Gasteiger partial charge is 0.349 e. The van der Waals surface area contributed by atoms with Gasteiger partial charge in [-0.25, -0.2) is 9.67 Å². The molecule has 0 bridgehead atoms. The molecule has 166 valence electrons. The lowest BCUT2D eigenvalue weighted by Crippen LogP contribution is -2.32. The summed E-state index contributed by atoms with van der Waals surface area (Å²) in [5.41, 5.74) is 2.14. The molecule has 7 heteroatoms. The quantitative estimate of drug-likeness (QED) is 0.562. The van der Waals surface area contributed by atoms with E-state index in [9.17, 15) is 4.79 Å². The van der Waals surface area contributed by atoms with Crippen LogP contribution in [-0.4, -0.2) is 51.8 Å². The second-order valence-corrected chi connectivity index (χ2v) is 9.24. The van der Waals surface area contributed by atoms with Gasteiger partial charge in [-0.3, -0.25) is 4.79 Å². The van der Waals surface area contributed by atoms with E-state index in [0.29, 0.717) is 23.4 Å². The lowest BCUT2D eigenvalue weighted by molar-refractivity contribution is 0.0937. The number of para-hydroxylation sites is 1. The molecule has 0 spiro atoms. The summed E-state index contributed by atoms with van der Waals surface area (Å²) in [4.78, 5) is 19.9. The van der Waals surface area contributed by atoms with E-state index < -0.39 is 0 Å². The average Bonchev–Trinajstić information content (AvgIpc) is 3.40. The number of hydrogen-bond donors (Lipinski definition) is 1. The number of benzene rings is 2. The number of likely N-dealkylation sites (tertiary alicyclic amines) is 1. The van der Waals surface area contributed by atoms with Crippen LogP contribution in [0.15, 0.2) is 54.6 Å². The van der Waals surface area contributed by atoms with Gasteiger partial charge in [-0.2, -0.15) is 0 Å². The molecular formula is C25H28ClN5O. The van der Waals surface area contributed by atoms with Gasteiger partial charge in [0.15, 0.2) is 0 Å². The van der Waals surface area contributed by atoms with Gasteiger partial charge in [-0.1, -0.05) is 54.1 Å². The Morgan fingerprint density at radius 1 is 1.06 bits per heavy atom. The summed E-state index contributed by atoms with van der Waals surface area (Å²) in [7, 11) is 0. The van der Waals surface area contributed by atoms with E-state index in [0.717, 1.165) is 56.8 Å². The highest BCUT2D eigenvalue weighted by Gasteiger charge is 2.32. The van der Waals surface area contributed by atoms with E-state index in [-0.39, 0.29) is 11.7 Å². The number of nitrogens with one attached hydrogen (secondary N) is 1. The van der Waals surface area contributed by atoms with Crippen LogP contribution in [0.2, 0.25) is 5.02 Å². The van der Waals surface area contributed by atoms with Crippen LogP contribution in [0.3, 0.4) is 0 Å². The molecule has 2 fully saturated rings. The SMILES string of the molecule is O=C(NCC1CCN(CCc2ccccc2)C1)c1nc(C2CC2)n(-c2ccccc2Cl)n1. The van der Waals surface area contributed by atoms with Crippen LogP contribution in [0.5, 0.6) is 0 Å². The van der Waals surface area contributed by atoms with E-state index in [2.05, 4.69) is 50.6 Å². The highest BCUT2D eigenvalue weighted by molar-refractivity contribution is 6.32. The fourth-order valence-electron chi connectivity index (χ4n) is 4.36. The van der Waals surface area contributed by atoms with Gasteiger partial charge in [0.2, 0.25) is 5.82 Å². The minimum atomic E-state index is -0.208. The van der Waals surface area contributed by atoms with Gasteiger partial charge < -0.3 is 10.2 Å². The monoisotopic (exact) mass is 449 g/mol. The van der Waals surface area contributed by atoms with Gasteiger partial charge in [0.1, 0.15) is 5.82 Å². The fraction of sp³-hybridized carbons (Fsp3) is 0.400. The van der Waals surface area contributed by atoms with Crippen molar-refractivity contribution in [3.8, 4) is 5.69 Å². The lowest BCUT2D eigenvalue weighted by atomic mass is 10.1. The molecule has 2 aliphatic rings. The van der Waals surface area contributed by atoms with Crippen molar-refractivity contribution >= 4 is 17.5 Å². The Hall–Kier alpha value is -2.70. The zero-order valence-corrected chi connectivity index (χ0v) is 18.8. The van der Waals surface area contributed by atoms with Gasteiger partial charge in [0.25, 0.3) is 5.91 Å². The van der Waals surface area contributed by atoms with Crippen molar-refractivity contribution in [3.05, 3.63) is 76.8 Å². The molecule has 1 aliphatic heterocycles. The first-order chi connectivity index (χ1) is 15.7. The van der Waals surface area contributed by atoms with Crippen LogP contribution >= 0.6 is 11.6 Å². The molecule has 6 nitrogen and oxygen atoms in total. The van der Waals surface area contributed by atoms with Crippen LogP contribution in [0.1, 0.15) is 47.2 Å². The fourth-order valence-corrected chi connectivity index (χ4v) is 4.57. The minimum Gasteiger partial charge on any atom is -0.349 e. The molecule has 1 saturated heterocycles. The van der Waals surface area contributed by atoms with Gasteiger partial charge in [-0.05, 0) is 55.8 Å². The number of hydrogen-bond acceptors (Lipinski definition) is 4. The standard InChI is InChI=1S/C25H28ClN5O/c26-21-8-4-5-9-22(21)31-24(20-10-11-20)28-23(29-31)25(32)27-16-19-13-15-30(17-19)14-12-18-6-2-1-3-7-18/h1-9,19-20H,10-17H2,(H,27,32). The normalized spacial score (nSPS) is 18.7. The Balaban J connectivity index is 1.17. The number of nitrogens with zero attached hydrogens (tertiary/aromatic N) is 4. The number of halogens is 1. The van der Waals surface area contributed by atoms with Crippen LogP contribution in [0.4, 0.5) is 0 Å². The highest BCUT2D eigenvalue weighted by Crippen LogP contribution is 2.40. The molecule has 32 heavy (non-hydrogen) atoms. The topological polar surface area (TPSA) is 63.1 Å². The van der Waals surface area contributed by atoms with Crippen molar-refractivity contribution in [1.29, 1.82) is 0 Å². The van der Waals surface area contributed by atoms with E-state index in [1.165, 1.54) is 5.56 Å². The Labute approximate surface area is 193 Å². The molecule has 0 radical (unpaired) electrons. The van der Waals surface area contributed by atoms with Crippen molar-refractivity contribution in [2.24, 2.45) is 5.92 Å². The lowest BCUT2D eigenvalue weighted by Gasteiger charge is -2.16. The van der Waals surface area contributed by atoms with Crippen LogP contribution < -0.4 is 5.32 Å². The second kappa shape index (κ2) is 9.43.